The SMILES string of the molecule is Cc1cc(C)c(CNC(C)Cc2ccccc2)cc1C. The van der Waals surface area contributed by atoms with Gasteiger partial charge in [0, 0.05) is 12.6 Å². The summed E-state index contributed by atoms with van der Waals surface area (Å²) in [7, 11) is 0. The van der Waals surface area contributed by atoms with E-state index in [1.165, 1.54) is 27.8 Å². The van der Waals surface area contributed by atoms with Crippen LogP contribution in [-0.2, 0) is 13.0 Å². The first kappa shape index (κ1) is 14.8. The molecule has 0 amide bonds. The zero-order valence-electron chi connectivity index (χ0n) is 13.0. The van der Waals surface area contributed by atoms with Crippen molar-refractivity contribution in [1.82, 2.24) is 5.32 Å². The van der Waals surface area contributed by atoms with Crippen molar-refractivity contribution in [2.75, 3.05) is 0 Å². The molecule has 0 spiro atoms. The molecule has 2 rings (SSSR count). The molecule has 0 radical (unpaired) electrons. The lowest BCUT2D eigenvalue weighted by Gasteiger charge is -2.16. The maximum absolute atomic E-state index is 3.63. The topological polar surface area (TPSA) is 12.0 Å². The maximum atomic E-state index is 3.63. The van der Waals surface area contributed by atoms with Crippen LogP contribution < -0.4 is 5.32 Å². The summed E-state index contributed by atoms with van der Waals surface area (Å²) in [4.78, 5) is 0. The van der Waals surface area contributed by atoms with Gasteiger partial charge in [0.05, 0.1) is 0 Å². The number of aryl methyl sites for hydroxylation is 3. The van der Waals surface area contributed by atoms with E-state index >= 15 is 0 Å². The Labute approximate surface area is 123 Å². The molecule has 20 heavy (non-hydrogen) atoms. The van der Waals surface area contributed by atoms with E-state index in [9.17, 15) is 0 Å². The van der Waals surface area contributed by atoms with Crippen LogP contribution in [0, 0.1) is 20.8 Å². The predicted octanol–water partition coefficient (Wildman–Crippen LogP) is 4.33. The lowest BCUT2D eigenvalue weighted by molar-refractivity contribution is 0.544. The summed E-state index contributed by atoms with van der Waals surface area (Å²) in [6.45, 7) is 9.76. The third-order valence-corrected chi connectivity index (χ3v) is 3.98. The van der Waals surface area contributed by atoms with E-state index in [0.717, 1.165) is 13.0 Å². The van der Waals surface area contributed by atoms with Gasteiger partial charge in [0.25, 0.3) is 0 Å². The van der Waals surface area contributed by atoms with Gasteiger partial charge in [0.2, 0.25) is 0 Å². The second-order valence-electron chi connectivity index (χ2n) is 5.83. The lowest BCUT2D eigenvalue weighted by atomic mass is 10.0. The number of hydrogen-bond acceptors (Lipinski definition) is 1. The van der Waals surface area contributed by atoms with E-state index in [1.807, 2.05) is 0 Å². The number of nitrogens with one attached hydrogen (secondary N) is 1. The van der Waals surface area contributed by atoms with E-state index in [0.29, 0.717) is 6.04 Å². The average molecular weight is 267 g/mol. The normalized spacial score (nSPS) is 12.4. The fraction of sp³-hybridized carbons (Fsp3) is 0.368. The van der Waals surface area contributed by atoms with Gasteiger partial charge in [-0.3, -0.25) is 0 Å². The van der Waals surface area contributed by atoms with Crippen molar-refractivity contribution < 1.29 is 0 Å². The van der Waals surface area contributed by atoms with Crippen molar-refractivity contribution in [2.45, 2.75) is 46.7 Å². The summed E-state index contributed by atoms with van der Waals surface area (Å²) in [5.74, 6) is 0. The van der Waals surface area contributed by atoms with Crippen LogP contribution in [0.5, 0.6) is 0 Å². The Hall–Kier alpha value is -1.60. The molecule has 0 aliphatic carbocycles. The molecule has 0 aromatic heterocycles. The smallest absolute Gasteiger partial charge is 0.0210 e. The average Bonchev–Trinajstić information content (AvgIpc) is 2.42. The second-order valence-corrected chi connectivity index (χ2v) is 5.83. The molecule has 1 N–H and O–H groups in total. The molecular weight excluding hydrogens is 242 g/mol. The Balaban J connectivity index is 1.93. The zero-order valence-corrected chi connectivity index (χ0v) is 13.0. The first-order valence-corrected chi connectivity index (χ1v) is 7.40. The van der Waals surface area contributed by atoms with Gasteiger partial charge in [-0.1, -0.05) is 42.5 Å². The van der Waals surface area contributed by atoms with Crippen molar-refractivity contribution in [2.24, 2.45) is 0 Å². The third kappa shape index (κ3) is 3.94. The molecule has 0 fully saturated rings. The molecule has 1 unspecified atom stereocenters. The highest BCUT2D eigenvalue weighted by atomic mass is 14.9. The third-order valence-electron chi connectivity index (χ3n) is 3.98. The van der Waals surface area contributed by atoms with Crippen LogP contribution in [-0.4, -0.2) is 6.04 Å². The first-order valence-electron chi connectivity index (χ1n) is 7.40. The van der Waals surface area contributed by atoms with Crippen LogP contribution in [0.1, 0.15) is 34.7 Å². The van der Waals surface area contributed by atoms with Crippen LogP contribution in [0.25, 0.3) is 0 Å². The highest BCUT2D eigenvalue weighted by Crippen LogP contribution is 2.15. The van der Waals surface area contributed by atoms with E-state index in [4.69, 9.17) is 0 Å². The van der Waals surface area contributed by atoms with Gasteiger partial charge in [-0.25, -0.2) is 0 Å². The Morgan fingerprint density at radius 2 is 1.55 bits per heavy atom. The Kier molecular flexibility index (Phi) is 4.97. The lowest BCUT2D eigenvalue weighted by Crippen LogP contribution is -2.27. The molecule has 1 nitrogen and oxygen atoms in total. The molecule has 2 aromatic carbocycles. The van der Waals surface area contributed by atoms with Gasteiger partial charge in [-0.2, -0.15) is 0 Å². The second kappa shape index (κ2) is 6.71. The monoisotopic (exact) mass is 267 g/mol. The Morgan fingerprint density at radius 3 is 2.25 bits per heavy atom. The van der Waals surface area contributed by atoms with E-state index in [-0.39, 0.29) is 0 Å². The predicted molar refractivity (Wildman–Crippen MR) is 87.1 cm³/mol. The molecule has 1 atom stereocenters. The zero-order chi connectivity index (χ0) is 14.5. The van der Waals surface area contributed by atoms with E-state index < -0.39 is 0 Å². The fourth-order valence-electron chi connectivity index (χ4n) is 2.53. The van der Waals surface area contributed by atoms with Crippen molar-refractivity contribution in [1.29, 1.82) is 0 Å². The van der Waals surface area contributed by atoms with Gasteiger partial charge >= 0.3 is 0 Å². The van der Waals surface area contributed by atoms with Crippen LogP contribution in [0.4, 0.5) is 0 Å². The van der Waals surface area contributed by atoms with Gasteiger partial charge in [0.1, 0.15) is 0 Å². The molecule has 0 aliphatic rings. The number of benzene rings is 2. The summed E-state index contributed by atoms with van der Waals surface area (Å²) in [6, 6.07) is 15.8. The molecule has 0 bridgehead atoms. The number of rotatable bonds is 5. The molecule has 0 saturated heterocycles. The van der Waals surface area contributed by atoms with Crippen molar-refractivity contribution >= 4 is 0 Å². The minimum absolute atomic E-state index is 0.485. The van der Waals surface area contributed by atoms with E-state index in [2.05, 4.69) is 75.5 Å². The summed E-state index contributed by atoms with van der Waals surface area (Å²) in [5, 5.41) is 3.63. The summed E-state index contributed by atoms with van der Waals surface area (Å²) < 4.78 is 0. The van der Waals surface area contributed by atoms with Crippen LogP contribution in [0.2, 0.25) is 0 Å². The Morgan fingerprint density at radius 1 is 0.900 bits per heavy atom. The molecular formula is C19H25N. The molecule has 0 heterocycles. The molecule has 0 aliphatic heterocycles. The molecule has 1 heteroatoms. The summed E-state index contributed by atoms with van der Waals surface area (Å²) >= 11 is 0. The Bertz CT molecular complexity index is 557. The van der Waals surface area contributed by atoms with Gasteiger partial charge in [0.15, 0.2) is 0 Å². The summed E-state index contributed by atoms with van der Waals surface area (Å²) in [5.41, 5.74) is 6.94. The van der Waals surface area contributed by atoms with Crippen molar-refractivity contribution in [3.05, 3.63) is 70.3 Å². The van der Waals surface area contributed by atoms with E-state index in [1.54, 1.807) is 0 Å². The summed E-state index contributed by atoms with van der Waals surface area (Å²) in [6.07, 6.45) is 1.07. The highest BCUT2D eigenvalue weighted by Gasteiger charge is 2.06. The van der Waals surface area contributed by atoms with Crippen LogP contribution in [0.3, 0.4) is 0 Å². The highest BCUT2D eigenvalue weighted by molar-refractivity contribution is 5.36. The molecule has 106 valence electrons. The maximum Gasteiger partial charge on any atom is 0.0210 e. The van der Waals surface area contributed by atoms with Gasteiger partial charge in [-0.15, -0.1) is 0 Å². The van der Waals surface area contributed by atoms with Crippen molar-refractivity contribution in [3.63, 3.8) is 0 Å². The number of hydrogen-bond donors (Lipinski definition) is 1. The standard InChI is InChI=1S/C19H25N/c1-14-10-16(3)19(11-15(14)2)13-20-17(4)12-18-8-6-5-7-9-18/h5-11,17,20H,12-13H2,1-4H3. The van der Waals surface area contributed by atoms with Gasteiger partial charge in [-0.05, 0) is 61.9 Å². The minimum atomic E-state index is 0.485. The van der Waals surface area contributed by atoms with Gasteiger partial charge < -0.3 is 5.32 Å². The quantitative estimate of drug-likeness (QED) is 0.850. The largest absolute Gasteiger partial charge is 0.310 e. The minimum Gasteiger partial charge on any atom is -0.310 e. The fourth-order valence-corrected chi connectivity index (χ4v) is 2.53. The van der Waals surface area contributed by atoms with Crippen molar-refractivity contribution in [3.8, 4) is 0 Å². The van der Waals surface area contributed by atoms with Crippen LogP contribution in [0.15, 0.2) is 42.5 Å². The first-order chi connectivity index (χ1) is 9.56. The molecule has 0 saturated carbocycles. The van der Waals surface area contributed by atoms with Crippen LogP contribution >= 0.6 is 0 Å². The molecule has 2 aromatic rings.